The normalized spacial score (nSPS) is 18.3. The summed E-state index contributed by atoms with van der Waals surface area (Å²) in [6.45, 7) is 1.11. The van der Waals surface area contributed by atoms with E-state index in [0.29, 0.717) is 31.6 Å². The van der Waals surface area contributed by atoms with E-state index in [1.807, 2.05) is 4.90 Å². The molecule has 1 saturated heterocycles. The number of carbonyl (C=O) groups excluding carboxylic acids is 1. The van der Waals surface area contributed by atoms with Crippen molar-refractivity contribution in [2.75, 3.05) is 27.6 Å². The smallest absolute Gasteiger partial charge is 0.263 e. The Hall–Kier alpha value is -2.69. The first-order valence-corrected chi connectivity index (χ1v) is 12.7. The monoisotopic (exact) mass is 492 g/mol. The molecule has 0 unspecified atom stereocenters. The molecule has 7 nitrogen and oxygen atoms in total. The van der Waals surface area contributed by atoms with Gasteiger partial charge in [0.2, 0.25) is 5.91 Å². The van der Waals surface area contributed by atoms with Gasteiger partial charge in [-0.3, -0.25) is 9.52 Å². The zero-order valence-corrected chi connectivity index (χ0v) is 19.1. The van der Waals surface area contributed by atoms with E-state index in [1.165, 1.54) is 35.7 Å². The van der Waals surface area contributed by atoms with Gasteiger partial charge in [-0.05, 0) is 54.8 Å². The Morgan fingerprint density at radius 3 is 2.66 bits per heavy atom. The number of hydrogen-bond acceptors (Lipinski definition) is 6. The van der Waals surface area contributed by atoms with Crippen molar-refractivity contribution >= 4 is 55.4 Å². The van der Waals surface area contributed by atoms with Crippen molar-refractivity contribution in [3.05, 3.63) is 64.4 Å². The van der Waals surface area contributed by atoms with Crippen LogP contribution in [0.2, 0.25) is 5.02 Å². The minimum absolute atomic E-state index is 0.0742. The van der Waals surface area contributed by atoms with E-state index in [4.69, 9.17) is 11.6 Å². The van der Waals surface area contributed by atoms with Crippen LogP contribution >= 0.6 is 22.9 Å². The van der Waals surface area contributed by atoms with Gasteiger partial charge in [-0.2, -0.15) is 0 Å². The Kier molecular flexibility index (Phi) is 5.31. The molecule has 166 valence electrons. The standard InChI is InChI=1S/C21H18ClFN4O3S2/c22-19-15-7-10-27(17(15)6-5-16(19)23)18-8-11-26(20(18)28)13-1-3-14(4-2-13)32(29,30)25-21-24-9-12-31-21/h1-6,9,12,18H,7-8,10-11H2,(H,24,25)/t18-/m1/s1. The van der Waals surface area contributed by atoms with Gasteiger partial charge in [0.15, 0.2) is 5.13 Å². The van der Waals surface area contributed by atoms with Gasteiger partial charge in [-0.15, -0.1) is 11.3 Å². The number of thiazole rings is 1. The number of carbonyl (C=O) groups is 1. The lowest BCUT2D eigenvalue weighted by atomic mass is 10.1. The van der Waals surface area contributed by atoms with Crippen LogP contribution in [0, 0.1) is 5.82 Å². The summed E-state index contributed by atoms with van der Waals surface area (Å²) < 4.78 is 41.3. The molecule has 3 aromatic rings. The van der Waals surface area contributed by atoms with Crippen molar-refractivity contribution in [3.63, 3.8) is 0 Å². The third-order valence-corrected chi connectivity index (χ3v) is 8.33. The fraction of sp³-hybridized carbons (Fsp3) is 0.238. The highest BCUT2D eigenvalue weighted by atomic mass is 35.5. The van der Waals surface area contributed by atoms with Gasteiger partial charge in [0.1, 0.15) is 11.9 Å². The summed E-state index contributed by atoms with van der Waals surface area (Å²) in [5.41, 5.74) is 2.16. The summed E-state index contributed by atoms with van der Waals surface area (Å²) in [5.74, 6) is -0.527. The molecule has 5 rings (SSSR count). The topological polar surface area (TPSA) is 82.6 Å². The molecule has 0 saturated carbocycles. The zero-order chi connectivity index (χ0) is 22.5. The zero-order valence-electron chi connectivity index (χ0n) is 16.7. The molecule has 2 aromatic carbocycles. The van der Waals surface area contributed by atoms with Gasteiger partial charge in [-0.25, -0.2) is 17.8 Å². The molecular formula is C21H18ClFN4O3S2. The second-order valence-electron chi connectivity index (χ2n) is 7.53. The van der Waals surface area contributed by atoms with E-state index in [9.17, 15) is 17.6 Å². The number of sulfonamides is 1. The highest BCUT2D eigenvalue weighted by Gasteiger charge is 2.39. The fourth-order valence-corrected chi connectivity index (χ4v) is 6.27. The fourth-order valence-electron chi connectivity index (χ4n) is 4.23. The van der Waals surface area contributed by atoms with Crippen LogP contribution in [0.1, 0.15) is 12.0 Å². The van der Waals surface area contributed by atoms with Crippen LogP contribution in [0.4, 0.5) is 20.9 Å². The molecule has 1 N–H and O–H groups in total. The Morgan fingerprint density at radius 1 is 1.16 bits per heavy atom. The maximum absolute atomic E-state index is 13.8. The first-order valence-electron chi connectivity index (χ1n) is 9.92. The minimum atomic E-state index is -3.76. The summed E-state index contributed by atoms with van der Waals surface area (Å²) >= 11 is 7.30. The number of anilines is 3. The Morgan fingerprint density at radius 2 is 1.94 bits per heavy atom. The van der Waals surface area contributed by atoms with Crippen molar-refractivity contribution in [2.45, 2.75) is 23.8 Å². The molecule has 1 amide bonds. The van der Waals surface area contributed by atoms with Crippen LogP contribution in [0.15, 0.2) is 52.9 Å². The van der Waals surface area contributed by atoms with E-state index in [1.54, 1.807) is 28.5 Å². The summed E-state index contributed by atoms with van der Waals surface area (Å²) in [7, 11) is -3.76. The summed E-state index contributed by atoms with van der Waals surface area (Å²) in [6, 6.07) is 8.83. The van der Waals surface area contributed by atoms with Crippen LogP contribution in [0.3, 0.4) is 0 Å². The number of nitrogens with zero attached hydrogens (tertiary/aromatic N) is 3. The van der Waals surface area contributed by atoms with Gasteiger partial charge in [0.25, 0.3) is 10.0 Å². The maximum atomic E-state index is 13.8. The van der Waals surface area contributed by atoms with E-state index < -0.39 is 15.8 Å². The Labute approximate surface area is 193 Å². The van der Waals surface area contributed by atoms with Crippen LogP contribution in [0.25, 0.3) is 0 Å². The summed E-state index contributed by atoms with van der Waals surface area (Å²) in [4.78, 5) is 20.8. The number of amides is 1. The van der Waals surface area contributed by atoms with Gasteiger partial charge in [-0.1, -0.05) is 11.6 Å². The van der Waals surface area contributed by atoms with Crippen LogP contribution in [-0.2, 0) is 21.2 Å². The lowest BCUT2D eigenvalue weighted by molar-refractivity contribution is -0.118. The van der Waals surface area contributed by atoms with Gasteiger partial charge in [0.05, 0.1) is 9.92 Å². The number of rotatable bonds is 5. The molecule has 0 radical (unpaired) electrons. The number of aromatic nitrogens is 1. The molecular weight excluding hydrogens is 475 g/mol. The van der Waals surface area contributed by atoms with Crippen molar-refractivity contribution in [1.82, 2.24) is 4.98 Å². The number of halogens is 2. The largest absolute Gasteiger partial charge is 0.359 e. The van der Waals surface area contributed by atoms with E-state index in [2.05, 4.69) is 9.71 Å². The SMILES string of the molecule is O=C1[C@H](N2CCc3c2ccc(F)c3Cl)CCN1c1ccc(S(=O)(=O)Nc2nccs2)cc1. The van der Waals surface area contributed by atoms with Crippen LogP contribution in [-0.4, -0.2) is 38.4 Å². The van der Waals surface area contributed by atoms with E-state index >= 15 is 0 Å². The third-order valence-electron chi connectivity index (χ3n) is 5.75. The van der Waals surface area contributed by atoms with Crippen LogP contribution in [0.5, 0.6) is 0 Å². The van der Waals surface area contributed by atoms with Crippen molar-refractivity contribution in [1.29, 1.82) is 0 Å². The molecule has 0 aliphatic carbocycles. The molecule has 2 aliphatic heterocycles. The predicted molar refractivity (Wildman–Crippen MR) is 123 cm³/mol. The molecule has 0 bridgehead atoms. The molecule has 11 heteroatoms. The Bertz CT molecular complexity index is 1280. The van der Waals surface area contributed by atoms with Gasteiger partial charge in [0, 0.05) is 36.0 Å². The molecule has 2 aliphatic rings. The highest BCUT2D eigenvalue weighted by molar-refractivity contribution is 7.93. The maximum Gasteiger partial charge on any atom is 0.263 e. The first kappa shape index (κ1) is 21.2. The second kappa shape index (κ2) is 8.02. The molecule has 0 spiro atoms. The van der Waals surface area contributed by atoms with Crippen molar-refractivity contribution < 1.29 is 17.6 Å². The quantitative estimate of drug-likeness (QED) is 0.584. The second-order valence-corrected chi connectivity index (χ2v) is 10.5. The average molecular weight is 493 g/mol. The molecule has 1 aromatic heterocycles. The lowest BCUT2D eigenvalue weighted by Gasteiger charge is -2.26. The van der Waals surface area contributed by atoms with E-state index in [-0.39, 0.29) is 27.0 Å². The number of fused-ring (bicyclic) bond motifs is 1. The molecule has 3 heterocycles. The average Bonchev–Trinajstić information content (AvgIpc) is 3.51. The first-order chi connectivity index (χ1) is 15.3. The number of benzene rings is 2. The third kappa shape index (κ3) is 3.62. The van der Waals surface area contributed by atoms with Crippen LogP contribution < -0.4 is 14.5 Å². The highest BCUT2D eigenvalue weighted by Crippen LogP contribution is 2.38. The molecule has 1 fully saturated rings. The lowest BCUT2D eigenvalue weighted by Crippen LogP contribution is -2.41. The van der Waals surface area contributed by atoms with Crippen molar-refractivity contribution in [2.24, 2.45) is 0 Å². The van der Waals surface area contributed by atoms with E-state index in [0.717, 1.165) is 11.3 Å². The minimum Gasteiger partial charge on any atom is -0.359 e. The summed E-state index contributed by atoms with van der Waals surface area (Å²) in [5, 5.41) is 2.09. The van der Waals surface area contributed by atoms with Crippen molar-refractivity contribution in [3.8, 4) is 0 Å². The van der Waals surface area contributed by atoms with Gasteiger partial charge < -0.3 is 9.80 Å². The summed E-state index contributed by atoms with van der Waals surface area (Å²) in [6.07, 6.45) is 2.72. The van der Waals surface area contributed by atoms with Gasteiger partial charge >= 0.3 is 0 Å². The predicted octanol–water partition coefficient (Wildman–Crippen LogP) is 3.90. The molecule has 1 atom stereocenters. The Balaban J connectivity index is 1.33. The number of nitrogens with one attached hydrogen (secondary N) is 1. The number of hydrogen-bond donors (Lipinski definition) is 1. The molecule has 32 heavy (non-hydrogen) atoms.